The maximum absolute atomic E-state index is 14.3. The standard InChI is InChI=1S/C21H23F2IN6O/c1-10(2)26-17(31)5-6-30-16(27-18-19(25)28-21(23)29-20(18)30)9-12-7-13-11(8-15(12)24)3-4-14(13)22/h7-8,10,14H,3-6,9H2,1-2H3,(H,26,31)(H2,25,28,29). The van der Waals surface area contributed by atoms with E-state index in [4.69, 9.17) is 5.73 Å². The summed E-state index contributed by atoms with van der Waals surface area (Å²) in [6.45, 7) is 4.02. The Balaban J connectivity index is 1.72. The number of hydrogen-bond donors (Lipinski definition) is 2. The number of aryl methyl sites for hydroxylation is 2. The number of fused-ring (bicyclic) bond motifs is 2. The summed E-state index contributed by atoms with van der Waals surface area (Å²) < 4.78 is 30.9. The molecule has 0 spiro atoms. The highest BCUT2D eigenvalue weighted by Crippen LogP contribution is 2.36. The molecule has 3 N–H and O–H groups in total. The molecule has 0 fully saturated rings. The predicted octanol–water partition coefficient (Wildman–Crippen LogP) is 3.61. The van der Waals surface area contributed by atoms with Crippen molar-refractivity contribution in [2.24, 2.45) is 0 Å². The smallest absolute Gasteiger partial charge is 0.312 e. The predicted molar refractivity (Wildman–Crippen MR) is 122 cm³/mol. The topological polar surface area (TPSA) is 98.7 Å². The molecule has 0 radical (unpaired) electrons. The largest absolute Gasteiger partial charge is 0.382 e. The molecule has 1 atom stereocenters. The molecule has 1 aliphatic rings. The number of rotatable bonds is 6. The number of benzene rings is 1. The van der Waals surface area contributed by atoms with Crippen molar-refractivity contribution in [2.75, 3.05) is 5.73 Å². The van der Waals surface area contributed by atoms with E-state index in [2.05, 4.69) is 42.9 Å². The molecule has 0 saturated carbocycles. The molecule has 2 aromatic heterocycles. The number of amides is 1. The summed E-state index contributed by atoms with van der Waals surface area (Å²) in [5.74, 6) is 0.393. The van der Waals surface area contributed by atoms with Gasteiger partial charge in [0.15, 0.2) is 17.0 Å². The number of carbonyl (C=O) groups excluding carboxylic acids is 1. The number of carbonyl (C=O) groups is 1. The first-order chi connectivity index (χ1) is 14.7. The van der Waals surface area contributed by atoms with Gasteiger partial charge in [0.05, 0.1) is 0 Å². The second-order valence-electron chi connectivity index (χ2n) is 8.03. The van der Waals surface area contributed by atoms with Crippen molar-refractivity contribution in [3.05, 3.63) is 44.3 Å². The number of aromatic nitrogens is 4. The van der Waals surface area contributed by atoms with Crippen molar-refractivity contribution in [3.63, 3.8) is 0 Å². The van der Waals surface area contributed by atoms with Gasteiger partial charge in [0.2, 0.25) is 5.91 Å². The highest BCUT2D eigenvalue weighted by atomic mass is 127. The lowest BCUT2D eigenvalue weighted by atomic mass is 10.0. The molecule has 2 heterocycles. The molecule has 3 aromatic rings. The summed E-state index contributed by atoms with van der Waals surface area (Å²) in [6, 6.07) is 3.92. The van der Waals surface area contributed by atoms with Crippen molar-refractivity contribution in [1.29, 1.82) is 0 Å². The summed E-state index contributed by atoms with van der Waals surface area (Å²) in [4.78, 5) is 24.2. The second-order valence-corrected chi connectivity index (χ2v) is 9.19. The Labute approximate surface area is 192 Å². The van der Waals surface area contributed by atoms with Gasteiger partial charge in [-0.3, -0.25) is 4.79 Å². The van der Waals surface area contributed by atoms with E-state index in [1.54, 1.807) is 4.57 Å². The minimum Gasteiger partial charge on any atom is -0.382 e. The zero-order valence-corrected chi connectivity index (χ0v) is 19.4. The average Bonchev–Trinajstić information content (AvgIpc) is 3.20. The van der Waals surface area contributed by atoms with Gasteiger partial charge in [0, 0.05) is 29.0 Å². The number of nitrogens with one attached hydrogen (secondary N) is 1. The van der Waals surface area contributed by atoms with Crippen LogP contribution in [0.15, 0.2) is 12.1 Å². The van der Waals surface area contributed by atoms with E-state index in [9.17, 15) is 13.6 Å². The van der Waals surface area contributed by atoms with E-state index >= 15 is 0 Å². The first-order valence-electron chi connectivity index (χ1n) is 10.2. The van der Waals surface area contributed by atoms with Gasteiger partial charge in [-0.15, -0.1) is 0 Å². The molecule has 1 aliphatic carbocycles. The molecule has 1 aromatic carbocycles. The third kappa shape index (κ3) is 4.48. The fraction of sp³-hybridized carbons (Fsp3) is 0.429. The fourth-order valence-electron chi connectivity index (χ4n) is 3.95. The van der Waals surface area contributed by atoms with Gasteiger partial charge in [-0.05, 0) is 72.0 Å². The zero-order chi connectivity index (χ0) is 22.3. The van der Waals surface area contributed by atoms with Gasteiger partial charge in [-0.25, -0.2) is 9.37 Å². The lowest BCUT2D eigenvalue weighted by molar-refractivity contribution is -0.121. The first-order valence-corrected chi connectivity index (χ1v) is 11.2. The lowest BCUT2D eigenvalue weighted by Gasteiger charge is -2.13. The Morgan fingerprint density at radius 3 is 2.87 bits per heavy atom. The maximum Gasteiger partial charge on any atom is 0.312 e. The Kier molecular flexibility index (Phi) is 6.09. The van der Waals surface area contributed by atoms with E-state index in [1.165, 1.54) is 0 Å². The molecule has 164 valence electrons. The quantitative estimate of drug-likeness (QED) is 0.368. The van der Waals surface area contributed by atoms with Crippen LogP contribution in [0.1, 0.15) is 55.4 Å². The van der Waals surface area contributed by atoms with Crippen LogP contribution in [0.25, 0.3) is 11.2 Å². The van der Waals surface area contributed by atoms with Crippen LogP contribution in [0.2, 0.25) is 0 Å². The average molecular weight is 540 g/mol. The summed E-state index contributed by atoms with van der Waals surface area (Å²) in [7, 11) is 0. The number of alkyl halides is 1. The van der Waals surface area contributed by atoms with Crippen LogP contribution in [0, 0.1) is 9.65 Å². The Morgan fingerprint density at radius 2 is 2.13 bits per heavy atom. The molecule has 31 heavy (non-hydrogen) atoms. The Bertz CT molecular complexity index is 1160. The lowest BCUT2D eigenvalue weighted by Crippen LogP contribution is -2.30. The highest BCUT2D eigenvalue weighted by Gasteiger charge is 2.25. The monoisotopic (exact) mass is 540 g/mol. The number of nitrogen functional groups attached to an aromatic ring is 1. The number of halogens is 3. The number of nitrogens with two attached hydrogens (primary N) is 1. The Hall–Kier alpha value is -2.37. The number of hydrogen-bond acceptors (Lipinski definition) is 5. The van der Waals surface area contributed by atoms with Gasteiger partial charge in [0.1, 0.15) is 12.0 Å². The van der Waals surface area contributed by atoms with Crippen LogP contribution >= 0.6 is 22.6 Å². The molecular formula is C21H23F2IN6O. The molecule has 0 bridgehead atoms. The van der Waals surface area contributed by atoms with Crippen LogP contribution in [0.3, 0.4) is 0 Å². The summed E-state index contributed by atoms with van der Waals surface area (Å²) in [5, 5.41) is 2.84. The van der Waals surface area contributed by atoms with Crippen molar-refractivity contribution >= 4 is 45.5 Å². The molecule has 0 saturated heterocycles. The van der Waals surface area contributed by atoms with Gasteiger partial charge >= 0.3 is 6.08 Å². The Morgan fingerprint density at radius 1 is 1.35 bits per heavy atom. The summed E-state index contributed by atoms with van der Waals surface area (Å²) in [6.07, 6.45) is -0.111. The molecule has 4 rings (SSSR count). The summed E-state index contributed by atoms with van der Waals surface area (Å²) >= 11 is 2.24. The second kappa shape index (κ2) is 8.64. The highest BCUT2D eigenvalue weighted by molar-refractivity contribution is 14.1. The van der Waals surface area contributed by atoms with E-state index < -0.39 is 12.2 Å². The molecule has 10 heteroatoms. The number of anilines is 1. The van der Waals surface area contributed by atoms with Crippen molar-refractivity contribution in [1.82, 2.24) is 24.8 Å². The minimum atomic E-state index is -0.958. The van der Waals surface area contributed by atoms with E-state index in [0.717, 1.165) is 26.7 Å². The van der Waals surface area contributed by atoms with Crippen LogP contribution in [-0.2, 0) is 24.2 Å². The molecule has 1 unspecified atom stereocenters. The first kappa shape index (κ1) is 21.8. The van der Waals surface area contributed by atoms with Crippen molar-refractivity contribution < 1.29 is 13.6 Å². The van der Waals surface area contributed by atoms with Crippen LogP contribution < -0.4 is 11.1 Å². The molecule has 0 aliphatic heterocycles. The molecular weight excluding hydrogens is 517 g/mol. The number of nitrogens with zero attached hydrogens (tertiary/aromatic N) is 4. The third-order valence-electron chi connectivity index (χ3n) is 5.35. The third-order valence-corrected chi connectivity index (χ3v) is 6.35. The van der Waals surface area contributed by atoms with E-state index in [0.29, 0.717) is 24.2 Å². The van der Waals surface area contributed by atoms with Gasteiger partial charge in [0.25, 0.3) is 0 Å². The van der Waals surface area contributed by atoms with Gasteiger partial charge in [-0.2, -0.15) is 14.4 Å². The fourth-order valence-corrected chi connectivity index (χ4v) is 4.67. The SMILES string of the molecule is CC(C)NC(=O)CCn1c(Cc2cc3c(cc2I)CCC3F)nc2c(N)nc(F)nc21. The van der Waals surface area contributed by atoms with Crippen LogP contribution in [0.5, 0.6) is 0 Å². The maximum atomic E-state index is 14.3. The summed E-state index contributed by atoms with van der Waals surface area (Å²) in [5.41, 5.74) is 9.09. The molecule has 7 nitrogen and oxygen atoms in total. The van der Waals surface area contributed by atoms with Crippen molar-refractivity contribution in [3.8, 4) is 0 Å². The normalized spacial score (nSPS) is 15.6. The van der Waals surface area contributed by atoms with E-state index in [1.807, 2.05) is 26.0 Å². The van der Waals surface area contributed by atoms with Crippen LogP contribution in [-0.4, -0.2) is 31.5 Å². The van der Waals surface area contributed by atoms with Crippen LogP contribution in [0.4, 0.5) is 14.6 Å². The minimum absolute atomic E-state index is 0.0172. The van der Waals surface area contributed by atoms with E-state index in [-0.39, 0.29) is 36.4 Å². The van der Waals surface area contributed by atoms with Crippen molar-refractivity contribution in [2.45, 2.75) is 58.3 Å². The molecule has 1 amide bonds. The zero-order valence-electron chi connectivity index (χ0n) is 17.3. The number of imidazole rings is 1. The van der Waals surface area contributed by atoms with Gasteiger partial charge in [-0.1, -0.05) is 6.07 Å². The van der Waals surface area contributed by atoms with Gasteiger partial charge < -0.3 is 15.6 Å².